The largest absolute Gasteiger partial charge is 0.333 e. The topological polar surface area (TPSA) is 52.7 Å². The van der Waals surface area contributed by atoms with E-state index in [1.165, 1.54) is 5.57 Å². The molecule has 2 bridgehead atoms. The lowest BCUT2D eigenvalue weighted by Gasteiger charge is -2.35. The summed E-state index contributed by atoms with van der Waals surface area (Å²) in [7, 11) is 0. The lowest BCUT2D eigenvalue weighted by Crippen LogP contribution is -2.46. The highest BCUT2D eigenvalue weighted by Crippen LogP contribution is 2.28. The molecular formula is C20H27N3O2. The van der Waals surface area contributed by atoms with E-state index in [0.717, 1.165) is 25.9 Å². The van der Waals surface area contributed by atoms with Gasteiger partial charge in [0.2, 0.25) is 0 Å². The van der Waals surface area contributed by atoms with Gasteiger partial charge in [0.25, 0.3) is 0 Å². The number of hydrogen-bond acceptors (Lipinski definition) is 3. The van der Waals surface area contributed by atoms with E-state index in [2.05, 4.69) is 30.1 Å². The summed E-state index contributed by atoms with van der Waals surface area (Å²) in [6.45, 7) is 7.50. The maximum atomic E-state index is 12.6. The van der Waals surface area contributed by atoms with Crippen LogP contribution in [0.1, 0.15) is 26.7 Å². The molecular weight excluding hydrogens is 314 g/mol. The Kier molecular flexibility index (Phi) is 5.53. The van der Waals surface area contributed by atoms with Gasteiger partial charge < -0.3 is 10.2 Å². The van der Waals surface area contributed by atoms with E-state index in [1.54, 1.807) is 17.0 Å². The van der Waals surface area contributed by atoms with Gasteiger partial charge in [0.05, 0.1) is 0 Å². The van der Waals surface area contributed by atoms with Crippen molar-refractivity contribution in [2.45, 2.75) is 32.7 Å². The predicted molar refractivity (Wildman–Crippen MR) is 99.2 cm³/mol. The quantitative estimate of drug-likeness (QED) is 0.679. The Morgan fingerprint density at radius 3 is 2.60 bits per heavy atom. The van der Waals surface area contributed by atoms with Crippen LogP contribution in [0.5, 0.6) is 0 Å². The van der Waals surface area contributed by atoms with Crippen LogP contribution >= 0.6 is 0 Å². The van der Waals surface area contributed by atoms with Gasteiger partial charge in [-0.2, -0.15) is 0 Å². The number of carbonyl (C=O) groups excluding carboxylic acids is 2. The third-order valence-corrected chi connectivity index (χ3v) is 5.07. The second kappa shape index (κ2) is 7.83. The normalized spacial score (nSPS) is 23.0. The number of anilines is 1. The molecule has 1 aromatic rings. The van der Waals surface area contributed by atoms with Gasteiger partial charge in [-0.3, -0.25) is 14.5 Å². The number of carbonyl (C=O) groups is 2. The van der Waals surface area contributed by atoms with E-state index in [1.807, 2.05) is 18.2 Å². The molecule has 3 saturated heterocycles. The van der Waals surface area contributed by atoms with Crippen molar-refractivity contribution in [1.82, 2.24) is 9.80 Å². The number of para-hydroxylation sites is 1. The van der Waals surface area contributed by atoms with Crippen molar-refractivity contribution in [3.8, 4) is 0 Å². The monoisotopic (exact) mass is 341 g/mol. The Hall–Kier alpha value is -2.14. The maximum absolute atomic E-state index is 12.6. The van der Waals surface area contributed by atoms with Crippen LogP contribution in [0, 0.1) is 5.92 Å². The number of rotatable bonds is 3. The van der Waals surface area contributed by atoms with Gasteiger partial charge in [-0.25, -0.2) is 0 Å². The average molecular weight is 341 g/mol. The Bertz CT molecular complexity index is 652. The Balaban J connectivity index is 1.64. The molecule has 5 nitrogen and oxygen atoms in total. The molecule has 2 amide bonds. The number of fused-ring (bicyclic) bond motifs is 4. The number of amides is 2. The van der Waals surface area contributed by atoms with Crippen molar-refractivity contribution >= 4 is 17.5 Å². The van der Waals surface area contributed by atoms with E-state index < -0.39 is 11.8 Å². The molecule has 1 aromatic carbocycles. The SMILES string of the molecule is CC(C)=CCN1C[C@@H]2CC[C@H]1CN(C(=O)C(=O)Nc1ccccc1)C2. The highest BCUT2D eigenvalue weighted by atomic mass is 16.2. The molecule has 3 fully saturated rings. The first-order valence-electron chi connectivity index (χ1n) is 9.05. The number of piperidine rings is 1. The molecule has 4 rings (SSSR count). The first-order valence-corrected chi connectivity index (χ1v) is 9.05. The minimum atomic E-state index is -0.539. The number of nitrogens with one attached hydrogen (secondary N) is 1. The van der Waals surface area contributed by atoms with Crippen molar-refractivity contribution in [3.05, 3.63) is 42.0 Å². The van der Waals surface area contributed by atoms with Gasteiger partial charge >= 0.3 is 11.8 Å². The van der Waals surface area contributed by atoms with Crippen molar-refractivity contribution in [2.75, 3.05) is 31.5 Å². The van der Waals surface area contributed by atoms with E-state index in [0.29, 0.717) is 30.7 Å². The highest BCUT2D eigenvalue weighted by molar-refractivity contribution is 6.39. The highest BCUT2D eigenvalue weighted by Gasteiger charge is 2.37. The van der Waals surface area contributed by atoms with Crippen LogP contribution in [-0.2, 0) is 9.59 Å². The van der Waals surface area contributed by atoms with Gasteiger partial charge in [0, 0.05) is 37.9 Å². The Morgan fingerprint density at radius 2 is 1.88 bits per heavy atom. The smallest absolute Gasteiger partial charge is 0.313 e. The van der Waals surface area contributed by atoms with Crippen molar-refractivity contribution in [1.29, 1.82) is 0 Å². The lowest BCUT2D eigenvalue weighted by molar-refractivity contribution is -0.143. The summed E-state index contributed by atoms with van der Waals surface area (Å²) in [5, 5.41) is 2.71. The fourth-order valence-corrected chi connectivity index (χ4v) is 3.72. The molecule has 5 heteroatoms. The van der Waals surface area contributed by atoms with E-state index in [9.17, 15) is 9.59 Å². The number of allylic oxidation sites excluding steroid dienone is 1. The fourth-order valence-electron chi connectivity index (χ4n) is 3.72. The molecule has 3 heterocycles. The number of benzene rings is 1. The van der Waals surface area contributed by atoms with Crippen molar-refractivity contribution < 1.29 is 9.59 Å². The third kappa shape index (κ3) is 4.48. The van der Waals surface area contributed by atoms with Crippen molar-refractivity contribution in [2.24, 2.45) is 5.92 Å². The minimum absolute atomic E-state index is 0.350. The molecule has 0 aliphatic carbocycles. The van der Waals surface area contributed by atoms with Crippen LogP contribution in [0.4, 0.5) is 5.69 Å². The summed E-state index contributed by atoms with van der Waals surface area (Å²) in [6.07, 6.45) is 4.49. The van der Waals surface area contributed by atoms with Crippen molar-refractivity contribution in [3.63, 3.8) is 0 Å². The third-order valence-electron chi connectivity index (χ3n) is 5.07. The molecule has 0 spiro atoms. The molecule has 1 N–H and O–H groups in total. The van der Waals surface area contributed by atoms with Gasteiger partial charge in [0.1, 0.15) is 0 Å². The molecule has 0 aromatic heterocycles. The van der Waals surface area contributed by atoms with Crippen LogP contribution in [-0.4, -0.2) is 53.8 Å². The molecule has 25 heavy (non-hydrogen) atoms. The molecule has 3 aliphatic heterocycles. The Morgan fingerprint density at radius 1 is 1.12 bits per heavy atom. The second-order valence-electron chi connectivity index (χ2n) is 7.36. The van der Waals surface area contributed by atoms with Crippen LogP contribution in [0.15, 0.2) is 42.0 Å². The first kappa shape index (κ1) is 17.7. The fraction of sp³-hybridized carbons (Fsp3) is 0.500. The zero-order valence-corrected chi connectivity index (χ0v) is 15.1. The first-order chi connectivity index (χ1) is 12.0. The zero-order valence-electron chi connectivity index (χ0n) is 15.1. The number of nitrogens with zero attached hydrogens (tertiary/aromatic N) is 2. The molecule has 0 saturated carbocycles. The maximum Gasteiger partial charge on any atom is 0.313 e. The van der Waals surface area contributed by atoms with Gasteiger partial charge in [-0.15, -0.1) is 0 Å². The molecule has 134 valence electrons. The standard InChI is InChI=1S/C20H27N3O2/c1-15(2)10-11-22-12-16-8-9-18(22)14-23(13-16)20(25)19(24)21-17-6-4-3-5-7-17/h3-7,10,16,18H,8-9,11-14H2,1-2H3,(H,21,24)/t16-,18-/m0/s1. The van der Waals surface area contributed by atoms with Crippen LogP contribution in [0.25, 0.3) is 0 Å². The van der Waals surface area contributed by atoms with Crippen LogP contribution < -0.4 is 5.32 Å². The van der Waals surface area contributed by atoms with E-state index in [-0.39, 0.29) is 0 Å². The van der Waals surface area contributed by atoms with Gasteiger partial charge in [-0.05, 0) is 44.7 Å². The summed E-state index contributed by atoms with van der Waals surface area (Å²) < 4.78 is 0. The van der Waals surface area contributed by atoms with E-state index >= 15 is 0 Å². The Labute approximate surface area is 149 Å². The van der Waals surface area contributed by atoms with Gasteiger partial charge in [-0.1, -0.05) is 29.8 Å². The summed E-state index contributed by atoms with van der Waals surface area (Å²) in [6, 6.07) is 9.49. The average Bonchev–Trinajstić information content (AvgIpc) is 2.92. The minimum Gasteiger partial charge on any atom is -0.333 e. The molecule has 0 unspecified atom stereocenters. The van der Waals surface area contributed by atoms with Gasteiger partial charge in [0.15, 0.2) is 0 Å². The summed E-state index contributed by atoms with van der Waals surface area (Å²) in [5.41, 5.74) is 1.97. The van der Waals surface area contributed by atoms with Crippen LogP contribution in [0.2, 0.25) is 0 Å². The second-order valence-corrected chi connectivity index (χ2v) is 7.36. The predicted octanol–water partition coefficient (Wildman–Crippen LogP) is 2.51. The summed E-state index contributed by atoms with van der Waals surface area (Å²) >= 11 is 0. The lowest BCUT2D eigenvalue weighted by atomic mass is 9.95. The number of hydrogen-bond donors (Lipinski definition) is 1. The molecule has 0 radical (unpaired) electrons. The zero-order chi connectivity index (χ0) is 17.8. The molecule has 2 atom stereocenters. The van der Waals surface area contributed by atoms with E-state index in [4.69, 9.17) is 0 Å². The summed E-state index contributed by atoms with van der Waals surface area (Å²) in [5.74, 6) is -0.494. The molecule has 3 aliphatic rings. The summed E-state index contributed by atoms with van der Waals surface area (Å²) in [4.78, 5) is 29.2. The van der Waals surface area contributed by atoms with Crippen LogP contribution in [0.3, 0.4) is 0 Å².